The monoisotopic (exact) mass is 400 g/mol. The van der Waals surface area contributed by atoms with Gasteiger partial charge in [0, 0.05) is 43.0 Å². The molecule has 0 atom stereocenters. The molecular formula is C20H25FN6S. The Bertz CT molecular complexity index is 946. The van der Waals surface area contributed by atoms with Gasteiger partial charge in [-0.1, -0.05) is 6.07 Å². The van der Waals surface area contributed by atoms with Crippen molar-refractivity contribution in [1.29, 1.82) is 0 Å². The number of nitrogens with zero attached hydrogens (tertiary/aromatic N) is 4. The van der Waals surface area contributed by atoms with Crippen molar-refractivity contribution in [2.45, 2.75) is 33.7 Å². The van der Waals surface area contributed by atoms with Crippen molar-refractivity contribution in [3.8, 4) is 5.69 Å². The summed E-state index contributed by atoms with van der Waals surface area (Å²) < 4.78 is 16.3. The lowest BCUT2D eigenvalue weighted by Crippen LogP contribution is -2.38. The van der Waals surface area contributed by atoms with E-state index in [9.17, 15) is 4.39 Å². The summed E-state index contributed by atoms with van der Waals surface area (Å²) >= 11 is 1.71. The molecule has 1 aromatic carbocycles. The average molecular weight is 401 g/mol. The van der Waals surface area contributed by atoms with Crippen molar-refractivity contribution in [2.24, 2.45) is 4.99 Å². The second kappa shape index (κ2) is 9.45. The highest BCUT2D eigenvalue weighted by atomic mass is 32.1. The molecule has 8 heteroatoms. The number of guanidine groups is 1. The van der Waals surface area contributed by atoms with Crippen molar-refractivity contribution in [3.63, 3.8) is 0 Å². The van der Waals surface area contributed by atoms with Crippen LogP contribution in [0.4, 0.5) is 4.39 Å². The van der Waals surface area contributed by atoms with Gasteiger partial charge in [0.05, 0.1) is 17.2 Å². The molecule has 2 N–H and O–H groups in total. The Morgan fingerprint density at radius 3 is 2.75 bits per heavy atom. The number of hydrogen-bond acceptors (Lipinski definition) is 4. The number of thiazole rings is 1. The first kappa shape index (κ1) is 20.0. The van der Waals surface area contributed by atoms with E-state index >= 15 is 0 Å². The van der Waals surface area contributed by atoms with E-state index < -0.39 is 0 Å². The van der Waals surface area contributed by atoms with Crippen LogP contribution in [0.25, 0.3) is 5.69 Å². The van der Waals surface area contributed by atoms with Gasteiger partial charge in [-0.15, -0.1) is 11.3 Å². The van der Waals surface area contributed by atoms with E-state index in [2.05, 4.69) is 32.5 Å². The highest BCUT2D eigenvalue weighted by molar-refractivity contribution is 7.11. The maximum absolute atomic E-state index is 14.5. The van der Waals surface area contributed by atoms with Gasteiger partial charge >= 0.3 is 0 Å². The van der Waals surface area contributed by atoms with Gasteiger partial charge in [-0.2, -0.15) is 0 Å². The molecule has 0 aliphatic heterocycles. The third-order valence-electron chi connectivity index (χ3n) is 4.16. The van der Waals surface area contributed by atoms with E-state index in [1.54, 1.807) is 34.4 Å². The van der Waals surface area contributed by atoms with Gasteiger partial charge in [-0.05, 0) is 38.5 Å². The number of hydrogen-bond donors (Lipinski definition) is 2. The fourth-order valence-corrected chi connectivity index (χ4v) is 3.58. The summed E-state index contributed by atoms with van der Waals surface area (Å²) in [5.41, 5.74) is 1.30. The molecule has 148 valence electrons. The van der Waals surface area contributed by atoms with E-state index in [1.807, 2.05) is 26.1 Å². The fraction of sp³-hybridized carbons (Fsp3) is 0.350. The molecule has 2 heterocycles. The number of imidazole rings is 1. The van der Waals surface area contributed by atoms with E-state index in [1.165, 1.54) is 10.9 Å². The maximum atomic E-state index is 14.5. The molecule has 3 rings (SSSR count). The summed E-state index contributed by atoms with van der Waals surface area (Å²) in [5, 5.41) is 7.62. The standard InChI is InChI=1S/C20H25FN6S/c1-4-22-20(24-8-7-19-25-12-14(2)28-19)26-13-16-5-6-18(17(21)11-16)27-10-9-23-15(27)3/h5-6,9-12H,4,7-8,13H2,1-3H3,(H2,22,24,26). The van der Waals surface area contributed by atoms with Gasteiger partial charge in [-0.3, -0.25) is 0 Å². The summed E-state index contributed by atoms with van der Waals surface area (Å²) in [6.07, 6.45) is 6.15. The molecule has 0 aliphatic carbocycles. The smallest absolute Gasteiger partial charge is 0.191 e. The van der Waals surface area contributed by atoms with Crippen LogP contribution in [0.15, 0.2) is 41.8 Å². The summed E-state index contributed by atoms with van der Waals surface area (Å²) in [6.45, 7) is 7.81. The first-order valence-corrected chi connectivity index (χ1v) is 10.1. The van der Waals surface area contributed by atoms with Crippen molar-refractivity contribution in [2.75, 3.05) is 13.1 Å². The van der Waals surface area contributed by atoms with E-state index in [4.69, 9.17) is 0 Å². The number of nitrogens with one attached hydrogen (secondary N) is 2. The zero-order chi connectivity index (χ0) is 19.9. The summed E-state index contributed by atoms with van der Waals surface area (Å²) in [4.78, 5) is 14.3. The van der Waals surface area contributed by atoms with Crippen LogP contribution in [0.1, 0.15) is 28.2 Å². The van der Waals surface area contributed by atoms with Gasteiger partial charge in [0.25, 0.3) is 0 Å². The van der Waals surface area contributed by atoms with Gasteiger partial charge in [0.15, 0.2) is 5.96 Å². The minimum absolute atomic E-state index is 0.286. The molecule has 0 saturated carbocycles. The number of benzene rings is 1. The molecule has 0 aliphatic rings. The third-order valence-corrected chi connectivity index (χ3v) is 5.13. The number of aromatic nitrogens is 3. The molecule has 28 heavy (non-hydrogen) atoms. The van der Waals surface area contributed by atoms with Gasteiger partial charge < -0.3 is 15.2 Å². The minimum atomic E-state index is -0.286. The Hall–Kier alpha value is -2.74. The minimum Gasteiger partial charge on any atom is -0.357 e. The highest BCUT2D eigenvalue weighted by Crippen LogP contribution is 2.17. The predicted molar refractivity (Wildman–Crippen MR) is 112 cm³/mol. The Kier molecular flexibility index (Phi) is 6.76. The third kappa shape index (κ3) is 5.16. The Labute approximate surface area is 168 Å². The molecule has 0 radical (unpaired) electrons. The molecule has 0 unspecified atom stereocenters. The Balaban J connectivity index is 1.62. The van der Waals surface area contributed by atoms with Crippen molar-refractivity contribution < 1.29 is 4.39 Å². The highest BCUT2D eigenvalue weighted by Gasteiger charge is 2.08. The zero-order valence-electron chi connectivity index (χ0n) is 16.4. The first-order chi connectivity index (χ1) is 13.6. The Morgan fingerprint density at radius 1 is 1.25 bits per heavy atom. The lowest BCUT2D eigenvalue weighted by Gasteiger charge is -2.11. The van der Waals surface area contributed by atoms with Crippen LogP contribution in [0.5, 0.6) is 0 Å². The van der Waals surface area contributed by atoms with Crippen molar-refractivity contribution in [3.05, 3.63) is 63.9 Å². The van der Waals surface area contributed by atoms with Crippen LogP contribution in [0.2, 0.25) is 0 Å². The summed E-state index contributed by atoms with van der Waals surface area (Å²) in [5.74, 6) is 1.18. The van der Waals surface area contributed by atoms with E-state index in [-0.39, 0.29) is 5.82 Å². The van der Waals surface area contributed by atoms with Crippen LogP contribution in [0, 0.1) is 19.7 Å². The Morgan fingerprint density at radius 2 is 2.11 bits per heavy atom. The largest absolute Gasteiger partial charge is 0.357 e. The van der Waals surface area contributed by atoms with E-state index in [0.717, 1.165) is 35.9 Å². The molecular weight excluding hydrogens is 375 g/mol. The SMILES string of the molecule is CCNC(=NCc1ccc(-n2ccnc2C)c(F)c1)NCCc1ncc(C)s1. The van der Waals surface area contributed by atoms with Crippen LogP contribution >= 0.6 is 11.3 Å². The lowest BCUT2D eigenvalue weighted by atomic mass is 10.2. The number of aliphatic imine (C=N–C) groups is 1. The summed E-state index contributed by atoms with van der Waals surface area (Å²) in [7, 11) is 0. The molecule has 0 amide bonds. The second-order valence-corrected chi connectivity index (χ2v) is 7.69. The van der Waals surface area contributed by atoms with Crippen LogP contribution < -0.4 is 10.6 Å². The topological polar surface area (TPSA) is 67.1 Å². The van der Waals surface area contributed by atoms with E-state index in [0.29, 0.717) is 18.2 Å². The number of rotatable bonds is 7. The van der Waals surface area contributed by atoms with Gasteiger partial charge in [0.1, 0.15) is 11.6 Å². The van der Waals surface area contributed by atoms with Crippen molar-refractivity contribution >= 4 is 17.3 Å². The predicted octanol–water partition coefficient (Wildman–Crippen LogP) is 3.38. The fourth-order valence-electron chi connectivity index (χ4n) is 2.79. The second-order valence-electron chi connectivity index (χ2n) is 6.37. The van der Waals surface area contributed by atoms with Crippen LogP contribution in [-0.4, -0.2) is 33.6 Å². The molecule has 0 bridgehead atoms. The molecule has 0 spiro atoms. The van der Waals surface area contributed by atoms with Crippen LogP contribution in [-0.2, 0) is 13.0 Å². The molecule has 3 aromatic rings. The molecule has 2 aromatic heterocycles. The summed E-state index contributed by atoms with van der Waals surface area (Å²) in [6, 6.07) is 5.18. The lowest BCUT2D eigenvalue weighted by molar-refractivity contribution is 0.614. The van der Waals surface area contributed by atoms with Crippen molar-refractivity contribution in [1.82, 2.24) is 25.2 Å². The molecule has 0 fully saturated rings. The quantitative estimate of drug-likeness (QED) is 0.471. The van der Waals surface area contributed by atoms with Gasteiger partial charge in [0.2, 0.25) is 0 Å². The maximum Gasteiger partial charge on any atom is 0.191 e. The first-order valence-electron chi connectivity index (χ1n) is 9.29. The van der Waals surface area contributed by atoms with Crippen LogP contribution in [0.3, 0.4) is 0 Å². The average Bonchev–Trinajstić information content (AvgIpc) is 3.28. The normalized spacial score (nSPS) is 11.6. The number of halogens is 1. The molecule has 0 saturated heterocycles. The molecule has 6 nitrogen and oxygen atoms in total. The van der Waals surface area contributed by atoms with Gasteiger partial charge in [-0.25, -0.2) is 19.4 Å². The number of aryl methyl sites for hydroxylation is 2. The zero-order valence-corrected chi connectivity index (χ0v) is 17.2.